The maximum absolute atomic E-state index is 5.62. The molecule has 0 spiro atoms. The lowest BCUT2D eigenvalue weighted by atomic mass is 10.1. The highest BCUT2D eigenvalue weighted by Gasteiger charge is 2.01. The van der Waals surface area contributed by atoms with Crippen LogP contribution in [0, 0.1) is 0 Å². The van der Waals surface area contributed by atoms with Gasteiger partial charge in [0, 0.05) is 21.7 Å². The van der Waals surface area contributed by atoms with E-state index in [-0.39, 0.29) is 0 Å². The van der Waals surface area contributed by atoms with Gasteiger partial charge in [-0.2, -0.15) is 0 Å². The first-order valence-corrected chi connectivity index (χ1v) is 7.43. The van der Waals surface area contributed by atoms with Gasteiger partial charge in [0.1, 0.15) is 0 Å². The fraction of sp³-hybridized carbons (Fsp3) is 0.0714. The molecular formula is C14H12N2S2. The van der Waals surface area contributed by atoms with E-state index in [2.05, 4.69) is 47.4 Å². The molecule has 0 aliphatic carbocycles. The first-order valence-electron chi connectivity index (χ1n) is 5.63. The molecule has 0 amide bonds. The molecule has 0 atom stereocenters. The van der Waals surface area contributed by atoms with E-state index in [1.807, 2.05) is 18.0 Å². The number of nitrogens with zero attached hydrogens (tertiary/aromatic N) is 1. The van der Waals surface area contributed by atoms with Crippen LogP contribution in [0.2, 0.25) is 0 Å². The van der Waals surface area contributed by atoms with Crippen LogP contribution in [0.15, 0.2) is 53.6 Å². The highest BCUT2D eigenvalue weighted by Crippen LogP contribution is 2.28. The Labute approximate surface area is 114 Å². The first-order chi connectivity index (χ1) is 8.81. The third-order valence-electron chi connectivity index (χ3n) is 2.67. The molecular weight excluding hydrogens is 260 g/mol. The molecule has 0 aliphatic rings. The molecule has 90 valence electrons. The first kappa shape index (κ1) is 11.6. The van der Waals surface area contributed by atoms with Crippen molar-refractivity contribution < 1.29 is 0 Å². The van der Waals surface area contributed by atoms with Gasteiger partial charge < -0.3 is 5.73 Å². The number of nitrogen functional groups attached to an aromatic ring is 1. The molecule has 0 radical (unpaired) electrons. The monoisotopic (exact) mass is 272 g/mol. The van der Waals surface area contributed by atoms with Gasteiger partial charge in [-0.05, 0) is 22.9 Å². The van der Waals surface area contributed by atoms with Crippen molar-refractivity contribution in [2.24, 2.45) is 0 Å². The van der Waals surface area contributed by atoms with Crippen LogP contribution in [-0.2, 0) is 5.75 Å². The highest BCUT2D eigenvalue weighted by atomic mass is 32.2. The predicted octanol–water partition coefficient (Wildman–Crippen LogP) is 4.17. The summed E-state index contributed by atoms with van der Waals surface area (Å²) in [7, 11) is 0. The Morgan fingerprint density at radius 2 is 1.94 bits per heavy atom. The fourth-order valence-electron chi connectivity index (χ4n) is 1.80. The van der Waals surface area contributed by atoms with Gasteiger partial charge in [-0.3, -0.25) is 0 Å². The SMILES string of the molecule is Nc1ncc(CSc2ccc3ccccc3c2)s1. The van der Waals surface area contributed by atoms with Crippen molar-refractivity contribution in [1.29, 1.82) is 0 Å². The summed E-state index contributed by atoms with van der Waals surface area (Å²) >= 11 is 3.37. The summed E-state index contributed by atoms with van der Waals surface area (Å²) in [6.45, 7) is 0. The molecule has 0 fully saturated rings. The van der Waals surface area contributed by atoms with Crippen LogP contribution in [0.1, 0.15) is 4.88 Å². The summed E-state index contributed by atoms with van der Waals surface area (Å²) in [5, 5.41) is 3.21. The average molecular weight is 272 g/mol. The van der Waals surface area contributed by atoms with E-state index in [1.165, 1.54) is 20.5 Å². The summed E-state index contributed by atoms with van der Waals surface area (Å²) < 4.78 is 0. The largest absolute Gasteiger partial charge is 0.375 e. The Balaban J connectivity index is 1.78. The van der Waals surface area contributed by atoms with Crippen LogP contribution in [0.25, 0.3) is 10.8 Å². The quantitative estimate of drug-likeness (QED) is 0.727. The molecule has 18 heavy (non-hydrogen) atoms. The van der Waals surface area contributed by atoms with Gasteiger partial charge in [0.25, 0.3) is 0 Å². The lowest BCUT2D eigenvalue weighted by Gasteiger charge is -2.02. The zero-order chi connectivity index (χ0) is 12.4. The van der Waals surface area contributed by atoms with Crippen molar-refractivity contribution in [2.45, 2.75) is 10.6 Å². The third kappa shape index (κ3) is 2.49. The minimum Gasteiger partial charge on any atom is -0.375 e. The van der Waals surface area contributed by atoms with Gasteiger partial charge in [-0.1, -0.05) is 30.3 Å². The maximum Gasteiger partial charge on any atom is 0.180 e. The molecule has 0 bridgehead atoms. The van der Waals surface area contributed by atoms with E-state index in [4.69, 9.17) is 5.73 Å². The van der Waals surface area contributed by atoms with Gasteiger partial charge in [0.05, 0.1) is 0 Å². The normalized spacial score (nSPS) is 10.9. The van der Waals surface area contributed by atoms with E-state index in [0.29, 0.717) is 5.13 Å². The van der Waals surface area contributed by atoms with Gasteiger partial charge in [-0.25, -0.2) is 4.98 Å². The number of aromatic nitrogens is 1. The zero-order valence-corrected chi connectivity index (χ0v) is 11.3. The van der Waals surface area contributed by atoms with E-state index in [0.717, 1.165) is 5.75 Å². The second kappa shape index (κ2) is 5.00. The third-order valence-corrected chi connectivity index (χ3v) is 4.73. The maximum atomic E-state index is 5.62. The lowest BCUT2D eigenvalue weighted by Crippen LogP contribution is -1.77. The molecule has 0 saturated heterocycles. The van der Waals surface area contributed by atoms with Crippen molar-refractivity contribution in [3.8, 4) is 0 Å². The summed E-state index contributed by atoms with van der Waals surface area (Å²) in [6.07, 6.45) is 1.86. The molecule has 0 unspecified atom stereocenters. The highest BCUT2D eigenvalue weighted by molar-refractivity contribution is 7.98. The number of thioether (sulfide) groups is 1. The number of rotatable bonds is 3. The van der Waals surface area contributed by atoms with Crippen molar-refractivity contribution in [2.75, 3.05) is 5.73 Å². The Kier molecular flexibility index (Phi) is 3.21. The van der Waals surface area contributed by atoms with Gasteiger partial charge in [0.2, 0.25) is 0 Å². The van der Waals surface area contributed by atoms with E-state index < -0.39 is 0 Å². The Morgan fingerprint density at radius 1 is 1.11 bits per heavy atom. The van der Waals surface area contributed by atoms with Gasteiger partial charge in [-0.15, -0.1) is 23.1 Å². The average Bonchev–Trinajstić information content (AvgIpc) is 2.82. The second-order valence-electron chi connectivity index (χ2n) is 3.96. The number of benzene rings is 2. The molecule has 0 saturated carbocycles. The number of nitrogens with two attached hydrogens (primary N) is 1. The second-order valence-corrected chi connectivity index (χ2v) is 6.16. The number of hydrogen-bond donors (Lipinski definition) is 1. The number of thiazole rings is 1. The summed E-state index contributed by atoms with van der Waals surface area (Å²) in [5.74, 6) is 0.924. The van der Waals surface area contributed by atoms with Crippen molar-refractivity contribution in [1.82, 2.24) is 4.98 Å². The van der Waals surface area contributed by atoms with Crippen LogP contribution in [0.3, 0.4) is 0 Å². The summed E-state index contributed by atoms with van der Waals surface area (Å²) in [6, 6.07) is 15.0. The topological polar surface area (TPSA) is 38.9 Å². The van der Waals surface area contributed by atoms with Gasteiger partial charge >= 0.3 is 0 Å². The molecule has 2 nitrogen and oxygen atoms in total. The standard InChI is InChI=1S/C14H12N2S2/c15-14-16-8-13(18-14)9-17-12-6-5-10-3-1-2-4-11(10)7-12/h1-8H,9H2,(H2,15,16). The molecule has 0 aliphatic heterocycles. The summed E-state index contributed by atoms with van der Waals surface area (Å²) in [4.78, 5) is 6.55. The van der Waals surface area contributed by atoms with E-state index in [9.17, 15) is 0 Å². The minimum atomic E-state index is 0.643. The Hall–Kier alpha value is -1.52. The van der Waals surface area contributed by atoms with E-state index in [1.54, 1.807) is 11.3 Å². The number of fused-ring (bicyclic) bond motifs is 1. The zero-order valence-electron chi connectivity index (χ0n) is 9.67. The smallest absolute Gasteiger partial charge is 0.180 e. The molecule has 1 aromatic heterocycles. The van der Waals surface area contributed by atoms with Crippen molar-refractivity contribution in [3.63, 3.8) is 0 Å². The molecule has 4 heteroatoms. The minimum absolute atomic E-state index is 0.643. The number of anilines is 1. The number of hydrogen-bond acceptors (Lipinski definition) is 4. The van der Waals surface area contributed by atoms with Crippen LogP contribution in [0.5, 0.6) is 0 Å². The Bertz CT molecular complexity index is 676. The molecule has 2 aromatic carbocycles. The summed E-state index contributed by atoms with van der Waals surface area (Å²) in [5.41, 5.74) is 5.62. The van der Waals surface area contributed by atoms with Crippen LogP contribution in [0.4, 0.5) is 5.13 Å². The van der Waals surface area contributed by atoms with E-state index >= 15 is 0 Å². The molecule has 1 heterocycles. The Morgan fingerprint density at radius 3 is 2.72 bits per heavy atom. The molecule has 3 aromatic rings. The fourth-order valence-corrected chi connectivity index (χ4v) is 3.45. The lowest BCUT2D eigenvalue weighted by molar-refractivity contribution is 1.37. The van der Waals surface area contributed by atoms with Crippen molar-refractivity contribution >= 4 is 39.0 Å². The molecule has 3 rings (SSSR count). The van der Waals surface area contributed by atoms with Crippen LogP contribution in [-0.4, -0.2) is 4.98 Å². The van der Waals surface area contributed by atoms with Crippen LogP contribution < -0.4 is 5.73 Å². The van der Waals surface area contributed by atoms with Gasteiger partial charge in [0.15, 0.2) is 5.13 Å². The van der Waals surface area contributed by atoms with Crippen LogP contribution >= 0.6 is 23.1 Å². The molecule has 2 N–H and O–H groups in total. The van der Waals surface area contributed by atoms with Crippen molar-refractivity contribution in [3.05, 3.63) is 53.5 Å². The predicted molar refractivity (Wildman–Crippen MR) is 80.0 cm³/mol.